The van der Waals surface area contributed by atoms with Crippen molar-refractivity contribution in [2.45, 2.75) is 0 Å². The third-order valence-electron chi connectivity index (χ3n) is 0. The van der Waals surface area contributed by atoms with Gasteiger partial charge in [-0.05, 0) is 0 Å². The first kappa shape index (κ1) is 38.4. The van der Waals surface area contributed by atoms with Crippen molar-refractivity contribution in [2.75, 3.05) is 0 Å². The normalized spacial score (nSPS) is 1.17. The molecular formula is Cl3CuLi2. The zero-order chi connectivity index (χ0) is 2.00. The minimum Gasteiger partial charge on any atom is 1.00 e. The Hall–Kier alpha value is 2.58. The topological polar surface area (TPSA) is 0 Å². The molecule has 34 valence electrons. The molecule has 0 aromatic heterocycles. The van der Waals surface area contributed by atoms with Crippen molar-refractivity contribution in [1.29, 1.82) is 0 Å². The van der Waals surface area contributed by atoms with Gasteiger partial charge in [-0.2, -0.15) is 0 Å². The molecule has 0 heterocycles. The second-order valence-corrected chi connectivity index (χ2v) is 0. The minimum atomic E-state index is 0. The van der Waals surface area contributed by atoms with Gasteiger partial charge in [-0.3, -0.25) is 0 Å². The Morgan fingerprint density at radius 1 is 0.833 bits per heavy atom. The molecule has 6 heteroatoms. The quantitative estimate of drug-likeness (QED) is 0.328. The van der Waals surface area contributed by atoms with Crippen molar-refractivity contribution >= 4 is 10.1 Å². The van der Waals surface area contributed by atoms with Gasteiger partial charge in [0.05, 0.1) is 0 Å². The predicted molar refractivity (Wildman–Crippen MR) is 5.85 cm³/mol. The first-order chi connectivity index (χ1) is 1.00. The van der Waals surface area contributed by atoms with Crippen molar-refractivity contribution in [2.24, 2.45) is 0 Å². The second kappa shape index (κ2) is 49.2. The monoisotopic (exact) mass is 182 g/mol. The van der Waals surface area contributed by atoms with Crippen LogP contribution in [0.3, 0.4) is 0 Å². The first-order valence-corrected chi connectivity index (χ1v) is 1.41. The number of hydrogen-bond donors (Lipinski definition) is 0. The fourth-order valence-electron chi connectivity index (χ4n) is 0. The van der Waals surface area contributed by atoms with Crippen LogP contribution in [0.15, 0.2) is 0 Å². The van der Waals surface area contributed by atoms with Gasteiger partial charge in [0.25, 0.3) is 0 Å². The Kier molecular flexibility index (Phi) is 315. The molecule has 0 aromatic rings. The van der Waals surface area contributed by atoms with Gasteiger partial charge in [-0.15, -0.1) is 0 Å². The Balaban J connectivity index is -0.000000000833. The van der Waals surface area contributed by atoms with E-state index in [1.807, 2.05) is 0 Å². The van der Waals surface area contributed by atoms with Crippen LogP contribution < -0.4 is 62.5 Å². The number of hydrogen-bond acceptors (Lipinski definition) is 0. The van der Waals surface area contributed by atoms with E-state index in [9.17, 15) is 0 Å². The summed E-state index contributed by atoms with van der Waals surface area (Å²) in [7, 11) is 4.20. The molecular weight excluding hydrogens is 184 g/mol. The molecule has 0 fully saturated rings. The average molecular weight is 184 g/mol. The van der Waals surface area contributed by atoms with E-state index in [2.05, 4.69) is 25.2 Å². The van der Waals surface area contributed by atoms with E-state index in [1.165, 1.54) is 0 Å². The van der Waals surface area contributed by atoms with Crippen molar-refractivity contribution in [1.82, 2.24) is 0 Å². The van der Waals surface area contributed by atoms with Crippen LogP contribution >= 0.6 is 10.1 Å². The molecule has 0 N–H and O–H groups in total. The fourth-order valence-corrected chi connectivity index (χ4v) is 0. The molecule has 0 spiro atoms. The summed E-state index contributed by atoms with van der Waals surface area (Å²) in [4.78, 5) is 0. The van der Waals surface area contributed by atoms with Gasteiger partial charge in [-0.1, -0.05) is 0 Å². The van der Waals surface area contributed by atoms with E-state index < -0.39 is 0 Å². The number of halogens is 3. The van der Waals surface area contributed by atoms with Crippen molar-refractivity contribution < 1.29 is 77.6 Å². The molecule has 0 radical (unpaired) electrons. The molecule has 0 aliphatic heterocycles. The Bertz CT molecular complexity index is 8.75. The maximum atomic E-state index is 4.20. The maximum Gasteiger partial charge on any atom is 1.00 e. The molecule has 0 nitrogen and oxygen atoms in total. The van der Waals surface area contributed by atoms with E-state index in [1.54, 1.807) is 0 Å². The van der Waals surface area contributed by atoms with Crippen LogP contribution in [0.2, 0.25) is 0 Å². The van der Waals surface area contributed by atoms with E-state index >= 15 is 0 Å². The van der Waals surface area contributed by atoms with Crippen LogP contribution in [-0.4, -0.2) is 0 Å². The van der Waals surface area contributed by atoms with Gasteiger partial charge in [-0.25, -0.2) is 0 Å². The summed E-state index contributed by atoms with van der Waals surface area (Å²) in [5.41, 5.74) is 0. The summed E-state index contributed by atoms with van der Waals surface area (Å²) in [6.07, 6.45) is 0. The smallest absolute Gasteiger partial charge is 1.00 e. The summed E-state index contributed by atoms with van der Waals surface area (Å²) in [6.45, 7) is 0. The Morgan fingerprint density at radius 3 is 0.833 bits per heavy atom. The van der Waals surface area contributed by atoms with Crippen molar-refractivity contribution in [3.05, 3.63) is 0 Å². The van der Waals surface area contributed by atoms with Crippen LogP contribution in [0.25, 0.3) is 0 Å². The standard InChI is InChI=1S/3ClH.Cu.2Li/h3*1H;;;/q;;;3*+1/p-3. The van der Waals surface area contributed by atoms with E-state index in [-0.39, 0.29) is 62.5 Å². The van der Waals surface area contributed by atoms with Gasteiger partial charge < -0.3 is 24.8 Å². The summed E-state index contributed by atoms with van der Waals surface area (Å²) in [5, 5.41) is 0. The molecule has 0 amide bonds. The largest absolute Gasteiger partial charge is 1.00 e. The molecule has 0 aliphatic rings. The molecule has 0 saturated heterocycles. The Morgan fingerprint density at radius 2 is 0.833 bits per heavy atom. The molecule has 0 aliphatic carbocycles. The van der Waals surface area contributed by atoms with Gasteiger partial charge in [0.2, 0.25) is 0 Å². The molecule has 0 bridgehead atoms. The van der Waals surface area contributed by atoms with Gasteiger partial charge in [0.1, 0.15) is 0 Å². The molecule has 0 aromatic carbocycles. The molecule has 0 atom stereocenters. The summed E-state index contributed by atoms with van der Waals surface area (Å²) < 4.78 is 0. The van der Waals surface area contributed by atoms with Crippen LogP contribution in [0.4, 0.5) is 0 Å². The van der Waals surface area contributed by atoms with E-state index in [4.69, 9.17) is 0 Å². The molecule has 0 rings (SSSR count). The summed E-state index contributed by atoms with van der Waals surface area (Å²) >= 11 is 3.66. The molecule has 0 saturated carbocycles. The third kappa shape index (κ3) is 30.7. The van der Waals surface area contributed by atoms with Gasteiger partial charge in [0, 0.05) is 0 Å². The average Bonchev–Trinajstić information content (AvgIpc) is 1.00. The van der Waals surface area contributed by atoms with Crippen molar-refractivity contribution in [3.63, 3.8) is 0 Å². The van der Waals surface area contributed by atoms with Gasteiger partial charge >= 0.3 is 62.9 Å². The van der Waals surface area contributed by atoms with Gasteiger partial charge in [0.15, 0.2) is 0 Å². The molecule has 6 heavy (non-hydrogen) atoms. The maximum absolute atomic E-state index is 4.20. The van der Waals surface area contributed by atoms with Crippen LogP contribution in [0, 0.1) is 0 Å². The summed E-state index contributed by atoms with van der Waals surface area (Å²) in [6, 6.07) is 0. The minimum absolute atomic E-state index is 0. The SMILES string of the molecule is [Cl-].[Cl-].[Cl][Cu].[Li+].[Li+]. The van der Waals surface area contributed by atoms with Crippen LogP contribution in [0.1, 0.15) is 0 Å². The fraction of sp³-hybridized carbons (Fsp3) is 0. The zero-order valence-corrected chi connectivity index (χ0v) is 6.64. The third-order valence-corrected chi connectivity index (χ3v) is 0. The van der Waals surface area contributed by atoms with E-state index in [0.717, 1.165) is 0 Å². The Labute approximate surface area is 86.7 Å². The molecule has 0 unspecified atom stereocenters. The van der Waals surface area contributed by atoms with Crippen molar-refractivity contribution in [3.8, 4) is 0 Å². The predicted octanol–water partition coefficient (Wildman–Crippen LogP) is -11.3. The second-order valence-electron chi connectivity index (χ2n) is 0. The van der Waals surface area contributed by atoms with Crippen LogP contribution in [0.5, 0.6) is 0 Å². The number of rotatable bonds is 0. The van der Waals surface area contributed by atoms with Crippen LogP contribution in [-0.2, 0) is 15.1 Å². The van der Waals surface area contributed by atoms with E-state index in [0.29, 0.717) is 0 Å². The zero-order valence-electron chi connectivity index (χ0n) is 3.44. The first-order valence-electron chi connectivity index (χ1n) is 0.114. The summed E-state index contributed by atoms with van der Waals surface area (Å²) in [5.74, 6) is 0.